The first-order chi connectivity index (χ1) is 11.7. The summed E-state index contributed by atoms with van der Waals surface area (Å²) in [4.78, 5) is 26.3. The first-order valence-corrected chi connectivity index (χ1v) is 8.91. The van der Waals surface area contributed by atoms with Crippen molar-refractivity contribution in [3.05, 3.63) is 35.9 Å². The van der Waals surface area contributed by atoms with E-state index in [0.29, 0.717) is 6.61 Å². The lowest BCUT2D eigenvalue weighted by Crippen LogP contribution is -2.46. The third kappa shape index (κ3) is 4.81. The smallest absolute Gasteiger partial charge is 0.325 e. The molecule has 1 saturated heterocycles. The number of benzene rings is 1. The highest BCUT2D eigenvalue weighted by atomic mass is 16.5. The zero-order valence-electron chi connectivity index (χ0n) is 14.7. The highest BCUT2D eigenvalue weighted by Crippen LogP contribution is 2.32. The summed E-state index contributed by atoms with van der Waals surface area (Å²) in [5, 5.41) is 2.73. The summed E-state index contributed by atoms with van der Waals surface area (Å²) < 4.78 is 4.87. The van der Waals surface area contributed by atoms with Crippen molar-refractivity contribution in [2.75, 3.05) is 19.7 Å². The van der Waals surface area contributed by atoms with Crippen LogP contribution in [0.3, 0.4) is 0 Å². The van der Waals surface area contributed by atoms with Crippen molar-refractivity contribution in [1.29, 1.82) is 0 Å². The minimum Gasteiger partial charge on any atom is -0.465 e. The summed E-state index contributed by atoms with van der Waals surface area (Å²) in [6.07, 6.45) is 3.92. The van der Waals surface area contributed by atoms with Crippen LogP contribution in [0.2, 0.25) is 0 Å². The molecule has 0 spiro atoms. The van der Waals surface area contributed by atoms with Crippen LogP contribution in [-0.2, 0) is 14.3 Å². The van der Waals surface area contributed by atoms with Gasteiger partial charge in [0.05, 0.1) is 12.6 Å². The van der Waals surface area contributed by atoms with Gasteiger partial charge in [-0.1, -0.05) is 43.7 Å². The number of amides is 1. The maximum Gasteiger partial charge on any atom is 0.325 e. The van der Waals surface area contributed by atoms with Gasteiger partial charge in [-0.05, 0) is 38.3 Å². The Kier molecular flexibility index (Phi) is 7.25. The molecule has 0 radical (unpaired) electrons. The van der Waals surface area contributed by atoms with Crippen LogP contribution in [0.5, 0.6) is 0 Å². The maximum atomic E-state index is 12.5. The Bertz CT molecular complexity index is 533. The van der Waals surface area contributed by atoms with Crippen molar-refractivity contribution in [2.24, 2.45) is 0 Å². The summed E-state index contributed by atoms with van der Waals surface area (Å²) in [7, 11) is 0. The molecule has 0 aliphatic carbocycles. The van der Waals surface area contributed by atoms with Crippen LogP contribution in [0, 0.1) is 0 Å². The molecule has 1 unspecified atom stereocenters. The quantitative estimate of drug-likeness (QED) is 0.744. The fourth-order valence-corrected chi connectivity index (χ4v) is 3.41. The number of carbonyl (C=O) groups is 2. The minimum absolute atomic E-state index is 0.0548. The molecule has 132 valence electrons. The molecule has 1 aliphatic rings. The Morgan fingerprint density at radius 1 is 1.29 bits per heavy atom. The van der Waals surface area contributed by atoms with Crippen LogP contribution in [0.1, 0.15) is 51.1 Å². The molecule has 1 aromatic carbocycles. The second-order valence-corrected chi connectivity index (χ2v) is 6.13. The molecule has 1 aliphatic heterocycles. The molecular weight excluding hydrogens is 304 g/mol. The van der Waals surface area contributed by atoms with Crippen molar-refractivity contribution in [3.8, 4) is 0 Å². The van der Waals surface area contributed by atoms with E-state index in [0.717, 1.165) is 32.2 Å². The van der Waals surface area contributed by atoms with Gasteiger partial charge in [-0.3, -0.25) is 14.5 Å². The van der Waals surface area contributed by atoms with Gasteiger partial charge in [-0.25, -0.2) is 0 Å². The van der Waals surface area contributed by atoms with Crippen molar-refractivity contribution in [1.82, 2.24) is 10.2 Å². The molecule has 2 atom stereocenters. The van der Waals surface area contributed by atoms with Crippen molar-refractivity contribution in [3.63, 3.8) is 0 Å². The van der Waals surface area contributed by atoms with Gasteiger partial charge in [0.1, 0.15) is 6.54 Å². The SMILES string of the molecule is CCCC(c1ccccc1)N1CCC[C@H]1C(=O)NCC(=O)OCC. The Hall–Kier alpha value is -1.88. The number of esters is 1. The average molecular weight is 332 g/mol. The highest BCUT2D eigenvalue weighted by molar-refractivity contribution is 5.85. The van der Waals surface area contributed by atoms with E-state index >= 15 is 0 Å². The van der Waals surface area contributed by atoms with Gasteiger partial charge in [-0.2, -0.15) is 0 Å². The minimum atomic E-state index is -0.386. The molecule has 1 amide bonds. The van der Waals surface area contributed by atoms with E-state index in [4.69, 9.17) is 4.74 Å². The monoisotopic (exact) mass is 332 g/mol. The van der Waals surface area contributed by atoms with E-state index in [9.17, 15) is 9.59 Å². The zero-order chi connectivity index (χ0) is 17.4. The van der Waals surface area contributed by atoms with Gasteiger partial charge in [0.15, 0.2) is 0 Å². The molecule has 0 aromatic heterocycles. The van der Waals surface area contributed by atoms with Crippen LogP contribution in [0.4, 0.5) is 0 Å². The molecule has 0 saturated carbocycles. The van der Waals surface area contributed by atoms with Gasteiger partial charge in [-0.15, -0.1) is 0 Å². The van der Waals surface area contributed by atoms with Crippen LogP contribution in [0.25, 0.3) is 0 Å². The standard InChI is InChI=1S/C19H28N2O3/c1-3-9-16(15-10-6-5-7-11-15)21-13-8-12-17(21)19(23)20-14-18(22)24-4-2/h5-7,10-11,16-17H,3-4,8-9,12-14H2,1-2H3,(H,20,23)/t16?,17-/m0/s1. The molecule has 2 rings (SSSR count). The fourth-order valence-electron chi connectivity index (χ4n) is 3.41. The zero-order valence-corrected chi connectivity index (χ0v) is 14.7. The van der Waals surface area contributed by atoms with Gasteiger partial charge < -0.3 is 10.1 Å². The van der Waals surface area contributed by atoms with Gasteiger partial charge in [0.2, 0.25) is 5.91 Å². The molecule has 1 aromatic rings. The molecular formula is C19H28N2O3. The lowest BCUT2D eigenvalue weighted by atomic mass is 9.99. The topological polar surface area (TPSA) is 58.6 Å². The number of carbonyl (C=O) groups excluding carboxylic acids is 2. The number of hydrogen-bond donors (Lipinski definition) is 1. The predicted molar refractivity (Wildman–Crippen MR) is 93.5 cm³/mol. The first-order valence-electron chi connectivity index (χ1n) is 8.91. The summed E-state index contributed by atoms with van der Waals surface area (Å²) in [5.74, 6) is -0.457. The summed E-state index contributed by atoms with van der Waals surface area (Å²) >= 11 is 0. The summed E-state index contributed by atoms with van der Waals surface area (Å²) in [6.45, 7) is 5.12. The largest absolute Gasteiger partial charge is 0.465 e. The van der Waals surface area contributed by atoms with Gasteiger partial charge >= 0.3 is 5.97 Å². The summed E-state index contributed by atoms with van der Waals surface area (Å²) in [6, 6.07) is 10.4. The van der Waals surface area contributed by atoms with E-state index in [1.807, 2.05) is 18.2 Å². The molecule has 1 heterocycles. The number of likely N-dealkylation sites (tertiary alicyclic amines) is 1. The van der Waals surface area contributed by atoms with E-state index in [2.05, 4.69) is 29.3 Å². The van der Waals surface area contributed by atoms with Gasteiger partial charge in [0, 0.05) is 6.04 Å². The first kappa shape index (κ1) is 18.5. The average Bonchev–Trinajstić information content (AvgIpc) is 3.08. The fraction of sp³-hybridized carbons (Fsp3) is 0.579. The van der Waals surface area contributed by atoms with E-state index in [1.54, 1.807) is 6.92 Å². The normalized spacial score (nSPS) is 19.0. The van der Waals surface area contributed by atoms with Crippen LogP contribution >= 0.6 is 0 Å². The lowest BCUT2D eigenvalue weighted by Gasteiger charge is -2.32. The van der Waals surface area contributed by atoms with Crippen molar-refractivity contribution >= 4 is 11.9 Å². The Morgan fingerprint density at radius 3 is 2.71 bits per heavy atom. The highest BCUT2D eigenvalue weighted by Gasteiger charge is 2.35. The summed E-state index contributed by atoms with van der Waals surface area (Å²) in [5.41, 5.74) is 1.25. The van der Waals surface area contributed by atoms with Crippen LogP contribution in [-0.4, -0.2) is 42.5 Å². The Labute approximate surface area is 144 Å². The molecule has 1 N–H and O–H groups in total. The van der Waals surface area contributed by atoms with Crippen LogP contribution < -0.4 is 5.32 Å². The molecule has 5 heteroatoms. The Morgan fingerprint density at radius 2 is 2.04 bits per heavy atom. The maximum absolute atomic E-state index is 12.5. The number of hydrogen-bond acceptors (Lipinski definition) is 4. The number of nitrogens with one attached hydrogen (secondary N) is 1. The predicted octanol–water partition coefficient (Wildman–Crippen LogP) is 2.67. The second-order valence-electron chi connectivity index (χ2n) is 6.13. The second kappa shape index (κ2) is 9.42. The number of nitrogens with zero attached hydrogens (tertiary/aromatic N) is 1. The Balaban J connectivity index is 2.04. The van der Waals surface area contributed by atoms with Crippen molar-refractivity contribution in [2.45, 2.75) is 51.6 Å². The van der Waals surface area contributed by atoms with E-state index < -0.39 is 0 Å². The number of ether oxygens (including phenoxy) is 1. The number of rotatable bonds is 8. The van der Waals surface area contributed by atoms with Gasteiger partial charge in [0.25, 0.3) is 0 Å². The van der Waals surface area contributed by atoms with E-state index in [-0.39, 0.29) is 30.5 Å². The lowest BCUT2D eigenvalue weighted by molar-refractivity contribution is -0.144. The van der Waals surface area contributed by atoms with Crippen LogP contribution in [0.15, 0.2) is 30.3 Å². The molecule has 24 heavy (non-hydrogen) atoms. The molecule has 5 nitrogen and oxygen atoms in total. The van der Waals surface area contributed by atoms with Crippen molar-refractivity contribution < 1.29 is 14.3 Å². The third-order valence-corrected chi connectivity index (χ3v) is 4.46. The molecule has 0 bridgehead atoms. The molecule has 1 fully saturated rings. The third-order valence-electron chi connectivity index (χ3n) is 4.46. The van der Waals surface area contributed by atoms with E-state index in [1.165, 1.54) is 5.56 Å².